The predicted octanol–water partition coefficient (Wildman–Crippen LogP) is 2.77. The molecule has 2 heterocycles. The van der Waals surface area contributed by atoms with Crippen molar-refractivity contribution < 1.29 is 0 Å². The molecule has 0 aliphatic carbocycles. The Morgan fingerprint density at radius 1 is 1.16 bits per heavy atom. The number of nitrogens with zero attached hydrogens (tertiary/aromatic N) is 3. The van der Waals surface area contributed by atoms with Crippen LogP contribution in [0.1, 0.15) is 0 Å². The third-order valence-electron chi connectivity index (χ3n) is 3.14. The second-order valence-corrected chi connectivity index (χ2v) is 6.46. The summed E-state index contributed by atoms with van der Waals surface area (Å²) in [4.78, 5) is 2.42. The topological polar surface area (TPSA) is 47.1 Å². The molecule has 2 aromatic rings. The van der Waals surface area contributed by atoms with Crippen molar-refractivity contribution in [2.75, 3.05) is 35.2 Å². The summed E-state index contributed by atoms with van der Waals surface area (Å²) in [6.45, 7) is 2.22. The Bertz CT molecular complexity index is 578. The van der Waals surface area contributed by atoms with Crippen molar-refractivity contribution in [2.45, 2.75) is 0 Å². The monoisotopic (exact) mass is 338 g/mol. The van der Waals surface area contributed by atoms with E-state index in [9.17, 15) is 0 Å². The summed E-state index contributed by atoms with van der Waals surface area (Å²) in [5.41, 5.74) is 8.00. The SMILES string of the molecule is Nc1cc(Br)n(-c2cccc(N3CCSCC3)c2)n1. The molecule has 1 aliphatic heterocycles. The molecule has 0 radical (unpaired) electrons. The van der Waals surface area contributed by atoms with E-state index in [4.69, 9.17) is 5.73 Å². The van der Waals surface area contributed by atoms with Crippen LogP contribution in [0, 0.1) is 0 Å². The molecule has 2 N–H and O–H groups in total. The third-order valence-corrected chi connectivity index (χ3v) is 4.64. The van der Waals surface area contributed by atoms with Crippen LogP contribution in [0.5, 0.6) is 0 Å². The summed E-state index contributed by atoms with van der Waals surface area (Å²) in [6.07, 6.45) is 0. The second-order valence-electron chi connectivity index (χ2n) is 4.42. The lowest BCUT2D eigenvalue weighted by atomic mass is 10.2. The first-order chi connectivity index (χ1) is 9.24. The molecule has 3 rings (SSSR count). The highest BCUT2D eigenvalue weighted by Gasteiger charge is 2.12. The molecule has 0 spiro atoms. The van der Waals surface area contributed by atoms with Gasteiger partial charge in [0, 0.05) is 36.3 Å². The fourth-order valence-electron chi connectivity index (χ4n) is 2.20. The van der Waals surface area contributed by atoms with Gasteiger partial charge in [-0.1, -0.05) is 6.07 Å². The van der Waals surface area contributed by atoms with Gasteiger partial charge >= 0.3 is 0 Å². The maximum Gasteiger partial charge on any atom is 0.147 e. The van der Waals surface area contributed by atoms with E-state index >= 15 is 0 Å². The number of thioether (sulfide) groups is 1. The molecule has 1 aromatic heterocycles. The first kappa shape index (κ1) is 12.9. The van der Waals surface area contributed by atoms with Crippen LogP contribution in [0.25, 0.3) is 5.69 Å². The third kappa shape index (κ3) is 2.74. The molecule has 1 fully saturated rings. The average molecular weight is 339 g/mol. The fourth-order valence-corrected chi connectivity index (χ4v) is 3.62. The van der Waals surface area contributed by atoms with E-state index in [1.54, 1.807) is 0 Å². The highest BCUT2D eigenvalue weighted by molar-refractivity contribution is 9.10. The molecular weight excluding hydrogens is 324 g/mol. The van der Waals surface area contributed by atoms with Crippen LogP contribution in [0.4, 0.5) is 11.5 Å². The number of anilines is 2. The maximum atomic E-state index is 5.72. The zero-order chi connectivity index (χ0) is 13.2. The van der Waals surface area contributed by atoms with Crippen molar-refractivity contribution in [1.29, 1.82) is 0 Å². The van der Waals surface area contributed by atoms with E-state index in [1.165, 1.54) is 17.2 Å². The zero-order valence-electron chi connectivity index (χ0n) is 10.4. The fraction of sp³-hybridized carbons (Fsp3) is 0.308. The summed E-state index contributed by atoms with van der Waals surface area (Å²) < 4.78 is 2.69. The van der Waals surface area contributed by atoms with Gasteiger partial charge in [-0.15, -0.1) is 5.10 Å². The lowest BCUT2D eigenvalue weighted by Crippen LogP contribution is -2.32. The molecule has 0 saturated carbocycles. The van der Waals surface area contributed by atoms with Gasteiger partial charge in [-0.2, -0.15) is 11.8 Å². The Balaban J connectivity index is 1.93. The molecule has 19 heavy (non-hydrogen) atoms. The number of halogens is 1. The van der Waals surface area contributed by atoms with Gasteiger partial charge in [0.1, 0.15) is 10.4 Å². The van der Waals surface area contributed by atoms with E-state index in [1.807, 2.05) is 28.6 Å². The minimum absolute atomic E-state index is 0.520. The van der Waals surface area contributed by atoms with Gasteiger partial charge in [-0.3, -0.25) is 0 Å². The Morgan fingerprint density at radius 3 is 2.58 bits per heavy atom. The molecule has 0 amide bonds. The molecule has 0 atom stereocenters. The molecule has 1 saturated heterocycles. The molecule has 1 aromatic carbocycles. The van der Waals surface area contributed by atoms with E-state index in [-0.39, 0.29) is 0 Å². The number of hydrogen-bond donors (Lipinski definition) is 1. The van der Waals surface area contributed by atoms with Crippen molar-refractivity contribution in [3.05, 3.63) is 34.9 Å². The van der Waals surface area contributed by atoms with Crippen LogP contribution >= 0.6 is 27.7 Å². The molecule has 1 aliphatic rings. The maximum absolute atomic E-state index is 5.72. The molecular formula is C13H15BrN4S. The lowest BCUT2D eigenvalue weighted by Gasteiger charge is -2.28. The molecule has 100 valence electrons. The average Bonchev–Trinajstić information content (AvgIpc) is 2.79. The van der Waals surface area contributed by atoms with E-state index in [0.29, 0.717) is 5.82 Å². The Labute approximate surface area is 125 Å². The standard InChI is InChI=1S/C13H15BrN4S/c14-12-9-13(15)16-18(12)11-3-1-2-10(8-11)17-4-6-19-7-5-17/h1-3,8-9H,4-7H2,(H2,15,16). The van der Waals surface area contributed by atoms with Gasteiger partial charge in [0.15, 0.2) is 0 Å². The minimum atomic E-state index is 0.520. The van der Waals surface area contributed by atoms with Crippen LogP contribution in [-0.4, -0.2) is 34.4 Å². The summed E-state index contributed by atoms with van der Waals surface area (Å²) in [5.74, 6) is 2.91. The molecule has 4 nitrogen and oxygen atoms in total. The van der Waals surface area contributed by atoms with Crippen molar-refractivity contribution in [1.82, 2.24) is 9.78 Å². The van der Waals surface area contributed by atoms with Crippen LogP contribution in [0.15, 0.2) is 34.9 Å². The van der Waals surface area contributed by atoms with Crippen LogP contribution < -0.4 is 10.6 Å². The number of nitrogen functional groups attached to an aromatic ring is 1. The molecule has 0 bridgehead atoms. The zero-order valence-corrected chi connectivity index (χ0v) is 12.8. The van der Waals surface area contributed by atoms with Crippen LogP contribution in [0.3, 0.4) is 0 Å². The van der Waals surface area contributed by atoms with Crippen molar-refractivity contribution in [2.24, 2.45) is 0 Å². The summed E-state index contributed by atoms with van der Waals surface area (Å²) in [7, 11) is 0. The van der Waals surface area contributed by atoms with Crippen LogP contribution in [-0.2, 0) is 0 Å². The Hall–Kier alpha value is -1.14. The summed E-state index contributed by atoms with van der Waals surface area (Å²) in [6, 6.07) is 10.2. The first-order valence-corrected chi connectivity index (χ1v) is 8.13. The van der Waals surface area contributed by atoms with Gasteiger partial charge in [-0.05, 0) is 34.1 Å². The highest BCUT2D eigenvalue weighted by Crippen LogP contribution is 2.24. The van der Waals surface area contributed by atoms with Gasteiger partial charge in [0.2, 0.25) is 0 Å². The first-order valence-electron chi connectivity index (χ1n) is 6.18. The van der Waals surface area contributed by atoms with Gasteiger partial charge < -0.3 is 10.6 Å². The summed E-state index contributed by atoms with van der Waals surface area (Å²) in [5, 5.41) is 4.29. The normalized spacial score (nSPS) is 15.7. The smallest absolute Gasteiger partial charge is 0.147 e. The van der Waals surface area contributed by atoms with Crippen molar-refractivity contribution in [3.63, 3.8) is 0 Å². The second kappa shape index (κ2) is 5.46. The quantitative estimate of drug-likeness (QED) is 0.914. The summed E-state index contributed by atoms with van der Waals surface area (Å²) >= 11 is 5.49. The number of benzene rings is 1. The highest BCUT2D eigenvalue weighted by atomic mass is 79.9. The van der Waals surface area contributed by atoms with Crippen molar-refractivity contribution >= 4 is 39.2 Å². The van der Waals surface area contributed by atoms with Gasteiger partial charge in [-0.25, -0.2) is 4.68 Å². The van der Waals surface area contributed by atoms with Crippen molar-refractivity contribution in [3.8, 4) is 5.69 Å². The van der Waals surface area contributed by atoms with E-state index in [0.717, 1.165) is 23.4 Å². The van der Waals surface area contributed by atoms with E-state index in [2.05, 4.69) is 44.1 Å². The Kier molecular flexibility index (Phi) is 3.70. The number of nitrogens with two attached hydrogens (primary N) is 1. The van der Waals surface area contributed by atoms with Crippen LogP contribution in [0.2, 0.25) is 0 Å². The largest absolute Gasteiger partial charge is 0.382 e. The van der Waals surface area contributed by atoms with E-state index < -0.39 is 0 Å². The predicted molar refractivity (Wildman–Crippen MR) is 85.2 cm³/mol. The number of hydrogen-bond acceptors (Lipinski definition) is 4. The Morgan fingerprint density at radius 2 is 1.89 bits per heavy atom. The van der Waals surface area contributed by atoms with Gasteiger partial charge in [0.05, 0.1) is 5.69 Å². The number of aromatic nitrogens is 2. The number of rotatable bonds is 2. The lowest BCUT2D eigenvalue weighted by molar-refractivity contribution is 0.843. The van der Waals surface area contributed by atoms with Gasteiger partial charge in [0.25, 0.3) is 0 Å². The molecule has 6 heteroatoms. The minimum Gasteiger partial charge on any atom is -0.382 e. The molecule has 0 unspecified atom stereocenters.